The van der Waals surface area contributed by atoms with Crippen molar-refractivity contribution in [2.45, 2.75) is 77.9 Å². The standard InChI is InChI=1S/C22H31NO5/c1-12(24)27-19-11-15(23-26)10-14-4-5-16-17(21(14)19)8-9-22(3)18(16)6-7-20(22)28-13(2)25/h10,16-21,26H,4-9,11H2,1-3H3/b23-15+/t16-,17+,18+,19-,20+,21+,22+/m1/s1. The lowest BCUT2D eigenvalue weighted by Gasteiger charge is -2.54. The van der Waals surface area contributed by atoms with Crippen LogP contribution in [0.15, 0.2) is 16.8 Å². The topological polar surface area (TPSA) is 85.2 Å². The molecule has 0 saturated heterocycles. The number of allylic oxidation sites excluding steroid dienone is 1. The van der Waals surface area contributed by atoms with Crippen LogP contribution in [0.25, 0.3) is 0 Å². The maximum Gasteiger partial charge on any atom is 0.302 e. The summed E-state index contributed by atoms with van der Waals surface area (Å²) < 4.78 is 11.4. The maximum absolute atomic E-state index is 11.7. The van der Waals surface area contributed by atoms with Gasteiger partial charge < -0.3 is 14.7 Å². The minimum atomic E-state index is -0.276. The van der Waals surface area contributed by atoms with Crippen molar-refractivity contribution >= 4 is 17.7 Å². The van der Waals surface area contributed by atoms with Gasteiger partial charge in [0, 0.05) is 31.6 Å². The number of oxime groups is 1. The minimum absolute atomic E-state index is 0.0247. The van der Waals surface area contributed by atoms with Gasteiger partial charge in [-0.05, 0) is 62.4 Å². The summed E-state index contributed by atoms with van der Waals surface area (Å²) in [7, 11) is 0. The molecule has 4 aliphatic rings. The second-order valence-electron chi connectivity index (χ2n) is 9.38. The third-order valence-electron chi connectivity index (χ3n) is 7.98. The molecule has 0 amide bonds. The number of nitrogens with zero attached hydrogens (tertiary/aromatic N) is 1. The highest BCUT2D eigenvalue weighted by Crippen LogP contribution is 2.62. The summed E-state index contributed by atoms with van der Waals surface area (Å²) in [5, 5.41) is 12.7. The average Bonchev–Trinajstić information content (AvgIpc) is 2.96. The number of esters is 2. The summed E-state index contributed by atoms with van der Waals surface area (Å²) in [6.45, 7) is 5.26. The molecule has 6 heteroatoms. The maximum atomic E-state index is 11.7. The van der Waals surface area contributed by atoms with E-state index in [0.717, 1.165) is 38.5 Å². The molecule has 3 saturated carbocycles. The Labute approximate surface area is 166 Å². The number of fused-ring (bicyclic) bond motifs is 5. The van der Waals surface area contributed by atoms with Crippen LogP contribution in [-0.2, 0) is 19.1 Å². The van der Waals surface area contributed by atoms with Gasteiger partial charge in [-0.2, -0.15) is 0 Å². The molecule has 1 N–H and O–H groups in total. The van der Waals surface area contributed by atoms with Crippen LogP contribution in [0.4, 0.5) is 0 Å². The van der Waals surface area contributed by atoms with Crippen LogP contribution in [0, 0.1) is 29.1 Å². The summed E-state index contributed by atoms with van der Waals surface area (Å²) >= 11 is 0. The summed E-state index contributed by atoms with van der Waals surface area (Å²) in [6, 6.07) is 0. The molecule has 0 unspecified atom stereocenters. The lowest BCUT2D eigenvalue weighted by Crippen LogP contribution is -2.51. The minimum Gasteiger partial charge on any atom is -0.462 e. The second-order valence-corrected chi connectivity index (χ2v) is 9.38. The zero-order chi connectivity index (χ0) is 20.1. The molecular formula is C22H31NO5. The lowest BCUT2D eigenvalue weighted by atomic mass is 9.51. The molecule has 0 aromatic heterocycles. The van der Waals surface area contributed by atoms with Crippen LogP contribution >= 0.6 is 0 Å². The van der Waals surface area contributed by atoms with E-state index < -0.39 is 0 Å². The summed E-state index contributed by atoms with van der Waals surface area (Å²) in [5.41, 5.74) is 1.93. The number of carbonyl (C=O) groups is 2. The fraction of sp³-hybridized carbons (Fsp3) is 0.773. The van der Waals surface area contributed by atoms with Gasteiger partial charge >= 0.3 is 11.9 Å². The van der Waals surface area contributed by atoms with Gasteiger partial charge in [0.2, 0.25) is 0 Å². The summed E-state index contributed by atoms with van der Waals surface area (Å²) in [5.74, 6) is 1.34. The first kappa shape index (κ1) is 19.5. The van der Waals surface area contributed by atoms with Crippen molar-refractivity contribution in [3.05, 3.63) is 11.6 Å². The van der Waals surface area contributed by atoms with Gasteiger partial charge in [-0.25, -0.2) is 0 Å². The lowest BCUT2D eigenvalue weighted by molar-refractivity contribution is -0.158. The van der Waals surface area contributed by atoms with Gasteiger partial charge in [-0.15, -0.1) is 0 Å². The van der Waals surface area contributed by atoms with Gasteiger partial charge in [-0.3, -0.25) is 9.59 Å². The molecule has 0 spiro atoms. The van der Waals surface area contributed by atoms with E-state index in [4.69, 9.17) is 9.47 Å². The molecule has 0 bridgehead atoms. The van der Waals surface area contributed by atoms with Gasteiger partial charge in [0.1, 0.15) is 12.2 Å². The molecule has 7 atom stereocenters. The van der Waals surface area contributed by atoms with E-state index in [2.05, 4.69) is 12.1 Å². The quantitative estimate of drug-likeness (QED) is 0.440. The van der Waals surface area contributed by atoms with Crippen molar-refractivity contribution in [1.82, 2.24) is 0 Å². The number of ether oxygens (including phenoxy) is 2. The van der Waals surface area contributed by atoms with Crippen molar-refractivity contribution in [3.8, 4) is 0 Å². The Hall–Kier alpha value is -1.85. The number of hydrogen-bond acceptors (Lipinski definition) is 6. The first-order chi connectivity index (χ1) is 13.3. The molecule has 4 rings (SSSR count). The summed E-state index contributed by atoms with van der Waals surface area (Å²) in [6.07, 6.45) is 8.47. The largest absolute Gasteiger partial charge is 0.462 e. The first-order valence-electron chi connectivity index (χ1n) is 10.6. The van der Waals surface area contributed by atoms with Gasteiger partial charge in [0.05, 0.1) is 5.71 Å². The highest BCUT2D eigenvalue weighted by atomic mass is 16.5. The van der Waals surface area contributed by atoms with Crippen molar-refractivity contribution in [2.75, 3.05) is 0 Å². The molecule has 0 aromatic rings. The van der Waals surface area contributed by atoms with Crippen LogP contribution in [0.3, 0.4) is 0 Å². The summed E-state index contributed by atoms with van der Waals surface area (Å²) in [4.78, 5) is 23.3. The SMILES string of the molecule is CC(=O)O[C@H]1CC[C@H]2[C@@H]3CCC4=C/C(=N\O)C[C@@H](OC(C)=O)[C@@H]4[C@H]3CC[C@]12C. The van der Waals surface area contributed by atoms with Gasteiger partial charge in [-0.1, -0.05) is 17.7 Å². The zero-order valence-corrected chi connectivity index (χ0v) is 17.0. The molecule has 4 aliphatic carbocycles. The molecule has 3 fully saturated rings. The number of carbonyl (C=O) groups excluding carboxylic acids is 2. The number of rotatable bonds is 2. The number of hydrogen-bond donors (Lipinski definition) is 1. The molecular weight excluding hydrogens is 358 g/mol. The fourth-order valence-electron chi connectivity index (χ4n) is 6.99. The zero-order valence-electron chi connectivity index (χ0n) is 17.0. The van der Waals surface area contributed by atoms with Crippen molar-refractivity contribution in [3.63, 3.8) is 0 Å². The molecule has 28 heavy (non-hydrogen) atoms. The monoisotopic (exact) mass is 389 g/mol. The van der Waals surface area contributed by atoms with Crippen molar-refractivity contribution in [2.24, 2.45) is 34.2 Å². The molecule has 0 aliphatic heterocycles. The Morgan fingerprint density at radius 3 is 2.54 bits per heavy atom. The predicted octanol–water partition coefficient (Wildman–Crippen LogP) is 3.86. The smallest absolute Gasteiger partial charge is 0.302 e. The third kappa shape index (κ3) is 3.15. The van der Waals surface area contributed by atoms with Crippen LogP contribution in [-0.4, -0.2) is 35.1 Å². The van der Waals surface area contributed by atoms with Gasteiger partial charge in [0.25, 0.3) is 0 Å². The fourth-order valence-corrected chi connectivity index (χ4v) is 6.99. The second kappa shape index (κ2) is 7.20. The van der Waals surface area contributed by atoms with E-state index in [0.29, 0.717) is 29.9 Å². The van der Waals surface area contributed by atoms with E-state index in [1.54, 1.807) is 0 Å². The van der Waals surface area contributed by atoms with E-state index in [-0.39, 0.29) is 35.5 Å². The molecule has 0 aromatic carbocycles. The van der Waals surface area contributed by atoms with Crippen LogP contribution in [0.1, 0.15) is 65.7 Å². The van der Waals surface area contributed by atoms with Crippen molar-refractivity contribution < 1.29 is 24.3 Å². The molecule has 6 nitrogen and oxygen atoms in total. The normalized spacial score (nSPS) is 43.4. The first-order valence-corrected chi connectivity index (χ1v) is 10.6. The molecule has 0 radical (unpaired) electrons. The van der Waals surface area contributed by atoms with E-state index in [1.807, 2.05) is 6.08 Å². The van der Waals surface area contributed by atoms with Crippen LogP contribution in [0.5, 0.6) is 0 Å². The Balaban J connectivity index is 1.62. The van der Waals surface area contributed by atoms with E-state index in [9.17, 15) is 14.8 Å². The Morgan fingerprint density at radius 1 is 1.11 bits per heavy atom. The van der Waals surface area contributed by atoms with E-state index >= 15 is 0 Å². The van der Waals surface area contributed by atoms with E-state index in [1.165, 1.54) is 19.4 Å². The Bertz CT molecular complexity index is 728. The van der Waals surface area contributed by atoms with Crippen LogP contribution < -0.4 is 0 Å². The van der Waals surface area contributed by atoms with Gasteiger partial charge in [0.15, 0.2) is 0 Å². The highest BCUT2D eigenvalue weighted by Gasteiger charge is 2.58. The third-order valence-corrected chi connectivity index (χ3v) is 7.98. The molecule has 0 heterocycles. The predicted molar refractivity (Wildman–Crippen MR) is 103 cm³/mol. The molecule has 154 valence electrons. The van der Waals surface area contributed by atoms with Crippen LogP contribution in [0.2, 0.25) is 0 Å². The Morgan fingerprint density at radius 2 is 1.86 bits per heavy atom. The highest BCUT2D eigenvalue weighted by molar-refractivity contribution is 5.96. The Kier molecular flexibility index (Phi) is 5.00. The average molecular weight is 389 g/mol. The van der Waals surface area contributed by atoms with Crippen molar-refractivity contribution in [1.29, 1.82) is 0 Å².